The van der Waals surface area contributed by atoms with Gasteiger partial charge in [0.1, 0.15) is 0 Å². The predicted molar refractivity (Wildman–Crippen MR) is 88.4 cm³/mol. The Bertz CT molecular complexity index is 732. The van der Waals surface area contributed by atoms with E-state index in [1.165, 1.54) is 0 Å². The average Bonchev–Trinajstić information content (AvgIpc) is 3.22. The molecule has 4 aliphatic heterocycles. The number of carbonyl (C=O) groups is 2. The zero-order valence-corrected chi connectivity index (χ0v) is 14.3. The van der Waals surface area contributed by atoms with Gasteiger partial charge in [-0.3, -0.25) is 9.59 Å². The Hall–Kier alpha value is -1.92. The van der Waals surface area contributed by atoms with Crippen LogP contribution in [0.1, 0.15) is 31.4 Å². The van der Waals surface area contributed by atoms with Crippen molar-refractivity contribution in [3.05, 3.63) is 35.9 Å². The summed E-state index contributed by atoms with van der Waals surface area (Å²) in [5.41, 5.74) is 0.00528. The number of amides is 2. The molecule has 0 aliphatic carbocycles. The Balaban J connectivity index is 1.46. The van der Waals surface area contributed by atoms with E-state index in [9.17, 15) is 9.59 Å². The summed E-state index contributed by atoms with van der Waals surface area (Å²) >= 11 is 0. The van der Waals surface area contributed by atoms with E-state index in [1.54, 1.807) is 0 Å². The predicted octanol–water partition coefficient (Wildman–Crippen LogP) is 1.32. The van der Waals surface area contributed by atoms with Crippen molar-refractivity contribution in [3.8, 4) is 0 Å². The van der Waals surface area contributed by atoms with Gasteiger partial charge in [-0.2, -0.15) is 0 Å². The monoisotopic (exact) mass is 342 g/mol. The van der Waals surface area contributed by atoms with E-state index in [-0.39, 0.29) is 23.9 Å². The molecule has 6 nitrogen and oxygen atoms in total. The highest BCUT2D eigenvalue weighted by Crippen LogP contribution is 2.52. The molecule has 5 rings (SSSR count). The van der Waals surface area contributed by atoms with Crippen LogP contribution in [0.25, 0.3) is 0 Å². The van der Waals surface area contributed by atoms with Crippen LogP contribution in [0.4, 0.5) is 0 Å². The van der Waals surface area contributed by atoms with E-state index in [2.05, 4.69) is 0 Å². The van der Waals surface area contributed by atoms with Crippen LogP contribution < -0.4 is 0 Å². The number of benzene rings is 1. The van der Waals surface area contributed by atoms with Crippen LogP contribution >= 0.6 is 0 Å². The molecule has 4 heterocycles. The standard InChI is InChI=1S/C19H22N2O4/c1-18(11-24-12-18)17(23)20-8-7-19-15(20)9-16(22)21(19)14(10-25-19)13-5-3-2-4-6-13/h2-6,14-15H,7-12H2,1H3/t14-,15+,19-/m0/s1. The van der Waals surface area contributed by atoms with E-state index in [0.29, 0.717) is 39.2 Å². The second kappa shape index (κ2) is 5.05. The van der Waals surface area contributed by atoms with E-state index in [1.807, 2.05) is 47.1 Å². The number of rotatable bonds is 2. The zero-order chi connectivity index (χ0) is 17.2. The number of hydrogen-bond acceptors (Lipinski definition) is 4. The normalized spacial score (nSPS) is 35.5. The summed E-state index contributed by atoms with van der Waals surface area (Å²) in [6, 6.07) is 9.79. The second-order valence-electron chi connectivity index (χ2n) is 7.87. The number of carbonyl (C=O) groups excluding carboxylic acids is 2. The van der Waals surface area contributed by atoms with Crippen LogP contribution in [0.15, 0.2) is 30.3 Å². The molecule has 1 spiro atoms. The molecule has 0 bridgehead atoms. The van der Waals surface area contributed by atoms with Crippen LogP contribution in [0.3, 0.4) is 0 Å². The van der Waals surface area contributed by atoms with Gasteiger partial charge in [0.2, 0.25) is 11.8 Å². The van der Waals surface area contributed by atoms with E-state index in [4.69, 9.17) is 9.47 Å². The smallest absolute Gasteiger partial charge is 0.233 e. The molecule has 4 aliphatic rings. The lowest BCUT2D eigenvalue weighted by molar-refractivity contribution is -0.172. The van der Waals surface area contributed by atoms with Gasteiger partial charge in [0.25, 0.3) is 0 Å². The highest BCUT2D eigenvalue weighted by molar-refractivity contribution is 5.88. The Morgan fingerprint density at radius 1 is 1.24 bits per heavy atom. The third-order valence-corrected chi connectivity index (χ3v) is 6.26. The van der Waals surface area contributed by atoms with Crippen molar-refractivity contribution in [2.75, 3.05) is 26.4 Å². The number of ether oxygens (including phenoxy) is 2. The molecule has 0 aromatic heterocycles. The molecule has 4 saturated heterocycles. The summed E-state index contributed by atoms with van der Waals surface area (Å²) in [4.78, 5) is 29.6. The first-order chi connectivity index (χ1) is 12.1. The topological polar surface area (TPSA) is 59.1 Å². The molecule has 0 N–H and O–H groups in total. The highest BCUT2D eigenvalue weighted by Gasteiger charge is 2.66. The maximum atomic E-state index is 13.0. The van der Waals surface area contributed by atoms with Crippen LogP contribution in [-0.2, 0) is 19.1 Å². The molecular formula is C19H22N2O4. The van der Waals surface area contributed by atoms with E-state index < -0.39 is 11.1 Å². The number of hydrogen-bond donors (Lipinski definition) is 0. The summed E-state index contributed by atoms with van der Waals surface area (Å²) in [6.07, 6.45) is 1.04. The molecule has 0 radical (unpaired) electrons. The van der Waals surface area contributed by atoms with Crippen LogP contribution in [0, 0.1) is 5.41 Å². The molecule has 2 amide bonds. The minimum atomic E-state index is -0.645. The van der Waals surface area contributed by atoms with Gasteiger partial charge in [0, 0.05) is 13.0 Å². The minimum Gasteiger partial charge on any atom is -0.379 e. The third-order valence-electron chi connectivity index (χ3n) is 6.26. The second-order valence-corrected chi connectivity index (χ2v) is 7.87. The van der Waals surface area contributed by atoms with E-state index >= 15 is 0 Å². The van der Waals surface area contributed by atoms with Gasteiger partial charge in [0.05, 0.1) is 43.7 Å². The molecule has 3 atom stereocenters. The fourth-order valence-electron chi connectivity index (χ4n) is 4.89. The zero-order valence-electron chi connectivity index (χ0n) is 14.3. The molecule has 1 aromatic rings. The lowest BCUT2D eigenvalue weighted by Crippen LogP contribution is -2.56. The molecule has 132 valence electrons. The first-order valence-corrected chi connectivity index (χ1v) is 8.95. The van der Waals surface area contributed by atoms with Crippen molar-refractivity contribution in [1.29, 1.82) is 0 Å². The van der Waals surface area contributed by atoms with Crippen molar-refractivity contribution in [2.24, 2.45) is 5.41 Å². The molecule has 0 saturated carbocycles. The molecule has 6 heteroatoms. The Kier molecular flexibility index (Phi) is 3.10. The van der Waals surface area contributed by atoms with Crippen molar-refractivity contribution in [2.45, 2.75) is 37.6 Å². The van der Waals surface area contributed by atoms with Crippen LogP contribution in [0.2, 0.25) is 0 Å². The lowest BCUT2D eigenvalue weighted by Gasteiger charge is -2.41. The number of nitrogens with zero attached hydrogens (tertiary/aromatic N) is 2. The molecular weight excluding hydrogens is 320 g/mol. The van der Waals surface area contributed by atoms with Crippen molar-refractivity contribution >= 4 is 11.8 Å². The SMILES string of the molecule is CC1(C(=O)N2CC[C@@]34OC[C@@H](c5ccccc5)N3C(=O)C[C@@H]24)COC1. The summed E-state index contributed by atoms with van der Waals surface area (Å²) in [7, 11) is 0. The maximum absolute atomic E-state index is 13.0. The van der Waals surface area contributed by atoms with Crippen LogP contribution in [0.5, 0.6) is 0 Å². The fraction of sp³-hybridized carbons (Fsp3) is 0.579. The molecule has 4 fully saturated rings. The largest absolute Gasteiger partial charge is 0.379 e. The summed E-state index contributed by atoms with van der Waals surface area (Å²) in [5, 5.41) is 0. The van der Waals surface area contributed by atoms with Gasteiger partial charge < -0.3 is 19.3 Å². The van der Waals surface area contributed by atoms with Gasteiger partial charge in [-0.15, -0.1) is 0 Å². The van der Waals surface area contributed by atoms with Gasteiger partial charge in [0.15, 0.2) is 5.72 Å². The van der Waals surface area contributed by atoms with Crippen molar-refractivity contribution in [1.82, 2.24) is 9.80 Å². The molecule has 1 aromatic carbocycles. The lowest BCUT2D eigenvalue weighted by atomic mass is 9.86. The van der Waals surface area contributed by atoms with Gasteiger partial charge >= 0.3 is 0 Å². The third kappa shape index (κ3) is 1.92. The average molecular weight is 342 g/mol. The van der Waals surface area contributed by atoms with Crippen molar-refractivity contribution in [3.63, 3.8) is 0 Å². The molecule has 25 heavy (non-hydrogen) atoms. The van der Waals surface area contributed by atoms with Gasteiger partial charge in [-0.25, -0.2) is 0 Å². The maximum Gasteiger partial charge on any atom is 0.233 e. The first-order valence-electron chi connectivity index (χ1n) is 8.95. The Morgan fingerprint density at radius 2 is 2.00 bits per heavy atom. The quantitative estimate of drug-likeness (QED) is 0.813. The number of likely N-dealkylation sites (tertiary alicyclic amines) is 1. The van der Waals surface area contributed by atoms with Gasteiger partial charge in [-0.05, 0) is 12.5 Å². The Morgan fingerprint density at radius 3 is 2.68 bits per heavy atom. The first kappa shape index (κ1) is 15.3. The fourth-order valence-corrected chi connectivity index (χ4v) is 4.89. The summed E-state index contributed by atoms with van der Waals surface area (Å²) < 4.78 is 11.5. The van der Waals surface area contributed by atoms with Crippen LogP contribution in [-0.4, -0.2) is 59.7 Å². The van der Waals surface area contributed by atoms with E-state index in [0.717, 1.165) is 5.56 Å². The van der Waals surface area contributed by atoms with Gasteiger partial charge in [-0.1, -0.05) is 30.3 Å². The Labute approximate surface area is 146 Å². The van der Waals surface area contributed by atoms with Crippen molar-refractivity contribution < 1.29 is 19.1 Å². The summed E-state index contributed by atoms with van der Waals surface area (Å²) in [6.45, 7) is 4.01. The minimum absolute atomic E-state index is 0.0589. The summed E-state index contributed by atoms with van der Waals surface area (Å²) in [5.74, 6) is 0.186. The molecule has 0 unspecified atom stereocenters. The highest BCUT2D eigenvalue weighted by atomic mass is 16.5.